The van der Waals surface area contributed by atoms with Crippen LogP contribution in [0.4, 0.5) is 5.69 Å². The number of hydrogen-bond donors (Lipinski definition) is 0. The van der Waals surface area contributed by atoms with Gasteiger partial charge in [0.15, 0.2) is 0 Å². The second-order valence-corrected chi connectivity index (χ2v) is 4.40. The lowest BCUT2D eigenvalue weighted by Gasteiger charge is -2.15. The zero-order valence-corrected chi connectivity index (χ0v) is 9.56. The average Bonchev–Trinajstić information content (AvgIpc) is 2.18. The van der Waals surface area contributed by atoms with Crippen molar-refractivity contribution in [2.75, 3.05) is 24.7 Å². The van der Waals surface area contributed by atoms with Gasteiger partial charge in [0.2, 0.25) is 0 Å². The van der Waals surface area contributed by atoms with E-state index in [1.807, 2.05) is 37.2 Å². The highest BCUT2D eigenvalue weighted by Crippen LogP contribution is 2.28. The van der Waals surface area contributed by atoms with E-state index in [0.29, 0.717) is 0 Å². The molecule has 0 spiro atoms. The molecule has 0 aliphatic carbocycles. The minimum atomic E-state index is 0.782. The number of nitrogens with zero attached hydrogens (tertiary/aromatic N) is 2. The summed E-state index contributed by atoms with van der Waals surface area (Å²) >= 11 is 1.71. The summed E-state index contributed by atoms with van der Waals surface area (Å²) in [6.07, 6.45) is 0. The van der Waals surface area contributed by atoms with Gasteiger partial charge in [-0.25, -0.2) is 0 Å². The van der Waals surface area contributed by atoms with Crippen molar-refractivity contribution in [3.63, 3.8) is 0 Å². The fourth-order valence-electron chi connectivity index (χ4n) is 1.28. The highest BCUT2D eigenvalue weighted by Gasteiger charge is 2.08. The Labute approximate surface area is 89.5 Å². The molecule has 0 aliphatic heterocycles. The summed E-state index contributed by atoms with van der Waals surface area (Å²) in [7, 11) is 3.91. The normalized spacial score (nSPS) is 9.57. The Hall–Kier alpha value is -1.14. The molecule has 1 rings (SSSR count). The molecule has 0 heterocycles. The van der Waals surface area contributed by atoms with Crippen molar-refractivity contribution < 1.29 is 0 Å². The van der Waals surface area contributed by atoms with Crippen molar-refractivity contribution in [2.45, 2.75) is 11.8 Å². The van der Waals surface area contributed by atoms with Gasteiger partial charge in [-0.1, -0.05) is 13.0 Å². The molecule has 0 fully saturated rings. The van der Waals surface area contributed by atoms with Crippen LogP contribution >= 0.6 is 11.8 Å². The first-order valence-corrected chi connectivity index (χ1v) is 5.52. The summed E-state index contributed by atoms with van der Waals surface area (Å²) in [4.78, 5) is 3.04. The second-order valence-electron chi connectivity index (χ2n) is 3.09. The molecule has 0 aliphatic rings. The first-order chi connectivity index (χ1) is 6.70. The Morgan fingerprint density at radius 3 is 2.64 bits per heavy atom. The molecular weight excluding hydrogens is 192 g/mol. The maximum absolute atomic E-state index is 9.08. The molecule has 3 heteroatoms. The first kappa shape index (κ1) is 10.9. The molecule has 1 aromatic rings. The topological polar surface area (TPSA) is 27.0 Å². The summed E-state index contributed by atoms with van der Waals surface area (Å²) in [6, 6.07) is 8.23. The van der Waals surface area contributed by atoms with Crippen molar-refractivity contribution in [3.8, 4) is 6.07 Å². The zero-order chi connectivity index (χ0) is 10.6. The molecule has 0 saturated carbocycles. The summed E-state index contributed by atoms with van der Waals surface area (Å²) in [5, 5.41) is 9.08. The van der Waals surface area contributed by atoms with Crippen molar-refractivity contribution in [1.29, 1.82) is 5.26 Å². The summed E-state index contributed by atoms with van der Waals surface area (Å²) in [6.45, 7) is 2.09. The van der Waals surface area contributed by atoms with Crippen LogP contribution in [0.15, 0.2) is 23.1 Å². The molecule has 74 valence electrons. The Balaban J connectivity index is 3.20. The first-order valence-electron chi connectivity index (χ1n) is 4.54. The Morgan fingerprint density at radius 1 is 1.43 bits per heavy atom. The van der Waals surface area contributed by atoms with E-state index in [-0.39, 0.29) is 0 Å². The quantitative estimate of drug-likeness (QED) is 0.711. The third-order valence-electron chi connectivity index (χ3n) is 1.90. The number of rotatable bonds is 3. The Morgan fingerprint density at radius 2 is 2.14 bits per heavy atom. The molecule has 0 unspecified atom stereocenters. The lowest BCUT2D eigenvalue weighted by atomic mass is 10.2. The molecule has 0 N–H and O–H groups in total. The van der Waals surface area contributed by atoms with Crippen LogP contribution < -0.4 is 4.90 Å². The highest BCUT2D eigenvalue weighted by atomic mass is 32.2. The molecule has 0 bridgehead atoms. The van der Waals surface area contributed by atoms with E-state index in [1.54, 1.807) is 11.8 Å². The van der Waals surface area contributed by atoms with Gasteiger partial charge in [-0.15, -0.1) is 11.8 Å². The Kier molecular flexibility index (Phi) is 3.84. The second kappa shape index (κ2) is 4.92. The molecule has 14 heavy (non-hydrogen) atoms. The maximum atomic E-state index is 9.08. The number of anilines is 1. The maximum Gasteiger partial charge on any atom is 0.102 e. The molecule has 0 saturated heterocycles. The van der Waals surface area contributed by atoms with Crippen LogP contribution in [0.25, 0.3) is 0 Å². The SMILES string of the molecule is CCSc1cccc(N(C)C)c1C#N. The van der Waals surface area contributed by atoms with Crippen LogP contribution in [0.3, 0.4) is 0 Å². The van der Waals surface area contributed by atoms with Crippen LogP contribution in [0.5, 0.6) is 0 Å². The van der Waals surface area contributed by atoms with Crippen LogP contribution in [-0.2, 0) is 0 Å². The van der Waals surface area contributed by atoms with E-state index in [0.717, 1.165) is 21.9 Å². The fraction of sp³-hybridized carbons (Fsp3) is 0.364. The van der Waals surface area contributed by atoms with Crippen LogP contribution in [0.2, 0.25) is 0 Å². The molecule has 0 amide bonds. The minimum absolute atomic E-state index is 0.782. The van der Waals surface area contributed by atoms with Gasteiger partial charge in [0.1, 0.15) is 6.07 Å². The van der Waals surface area contributed by atoms with E-state index in [9.17, 15) is 0 Å². The highest BCUT2D eigenvalue weighted by molar-refractivity contribution is 7.99. The molecular formula is C11H14N2S. The third-order valence-corrected chi connectivity index (χ3v) is 2.84. The van der Waals surface area contributed by atoms with Gasteiger partial charge in [-0.3, -0.25) is 0 Å². The fourth-order valence-corrected chi connectivity index (χ4v) is 2.06. The van der Waals surface area contributed by atoms with Gasteiger partial charge in [-0.2, -0.15) is 5.26 Å². The number of nitriles is 1. The van der Waals surface area contributed by atoms with Gasteiger partial charge < -0.3 is 4.90 Å². The smallest absolute Gasteiger partial charge is 0.102 e. The van der Waals surface area contributed by atoms with Gasteiger partial charge in [-0.05, 0) is 17.9 Å². The molecule has 0 radical (unpaired) electrons. The van der Waals surface area contributed by atoms with Gasteiger partial charge >= 0.3 is 0 Å². The summed E-state index contributed by atoms with van der Waals surface area (Å²) in [5.74, 6) is 0.992. The van der Waals surface area contributed by atoms with E-state index >= 15 is 0 Å². The molecule has 0 atom stereocenters. The average molecular weight is 206 g/mol. The predicted molar refractivity (Wildman–Crippen MR) is 61.9 cm³/mol. The standard InChI is InChI=1S/C11H14N2S/c1-4-14-11-7-5-6-10(13(2)3)9(11)8-12/h5-7H,4H2,1-3H3. The predicted octanol–water partition coefficient (Wildman–Crippen LogP) is 2.74. The van der Waals surface area contributed by atoms with E-state index in [1.165, 1.54) is 0 Å². The van der Waals surface area contributed by atoms with Crippen LogP contribution in [0.1, 0.15) is 12.5 Å². The number of thioether (sulfide) groups is 1. The lowest BCUT2D eigenvalue weighted by molar-refractivity contribution is 1.11. The number of hydrogen-bond acceptors (Lipinski definition) is 3. The van der Waals surface area contributed by atoms with E-state index in [2.05, 4.69) is 13.0 Å². The molecule has 2 nitrogen and oxygen atoms in total. The zero-order valence-electron chi connectivity index (χ0n) is 8.74. The van der Waals surface area contributed by atoms with E-state index < -0.39 is 0 Å². The summed E-state index contributed by atoms with van der Waals surface area (Å²) in [5.41, 5.74) is 1.77. The molecule has 0 aromatic heterocycles. The van der Waals surface area contributed by atoms with Gasteiger partial charge in [0.25, 0.3) is 0 Å². The van der Waals surface area contributed by atoms with Crippen molar-refractivity contribution in [3.05, 3.63) is 23.8 Å². The Bertz CT molecular complexity index is 353. The third kappa shape index (κ3) is 2.21. The van der Waals surface area contributed by atoms with Crippen molar-refractivity contribution in [2.24, 2.45) is 0 Å². The number of benzene rings is 1. The van der Waals surface area contributed by atoms with Crippen molar-refractivity contribution in [1.82, 2.24) is 0 Å². The largest absolute Gasteiger partial charge is 0.377 e. The minimum Gasteiger partial charge on any atom is -0.377 e. The summed E-state index contributed by atoms with van der Waals surface area (Å²) < 4.78 is 0. The van der Waals surface area contributed by atoms with E-state index in [4.69, 9.17) is 5.26 Å². The van der Waals surface area contributed by atoms with Crippen LogP contribution in [-0.4, -0.2) is 19.8 Å². The van der Waals surface area contributed by atoms with Crippen molar-refractivity contribution >= 4 is 17.4 Å². The molecule has 1 aromatic carbocycles. The lowest BCUT2D eigenvalue weighted by Crippen LogP contribution is -2.10. The van der Waals surface area contributed by atoms with Crippen LogP contribution in [0, 0.1) is 11.3 Å². The monoisotopic (exact) mass is 206 g/mol. The van der Waals surface area contributed by atoms with Gasteiger partial charge in [0.05, 0.1) is 11.3 Å². The van der Waals surface area contributed by atoms with Gasteiger partial charge in [0, 0.05) is 19.0 Å².